The summed E-state index contributed by atoms with van der Waals surface area (Å²) in [7, 11) is 0. The Bertz CT molecular complexity index is 822. The van der Waals surface area contributed by atoms with Crippen molar-refractivity contribution in [2.45, 2.75) is 38.4 Å². The third-order valence-electron chi connectivity index (χ3n) is 3.45. The zero-order valence-electron chi connectivity index (χ0n) is 13.8. The van der Waals surface area contributed by atoms with Crippen LogP contribution in [-0.2, 0) is 11.3 Å². The Morgan fingerprint density at radius 3 is 2.83 bits per heavy atom. The van der Waals surface area contributed by atoms with Crippen molar-refractivity contribution in [2.24, 2.45) is 0 Å². The first-order chi connectivity index (χ1) is 11.6. The van der Waals surface area contributed by atoms with Crippen molar-refractivity contribution in [3.63, 3.8) is 0 Å². The molecule has 8 heteroatoms. The molecule has 0 bridgehead atoms. The molecule has 126 valence electrons. The Morgan fingerprint density at radius 2 is 2.12 bits per heavy atom. The molecule has 24 heavy (non-hydrogen) atoms. The second-order valence-corrected chi connectivity index (χ2v) is 7.54. The van der Waals surface area contributed by atoms with Crippen molar-refractivity contribution in [3.8, 4) is 0 Å². The second kappa shape index (κ2) is 7.31. The van der Waals surface area contributed by atoms with E-state index in [2.05, 4.69) is 45.8 Å². The van der Waals surface area contributed by atoms with Crippen LogP contribution in [-0.4, -0.2) is 31.4 Å². The van der Waals surface area contributed by atoms with Crippen LogP contribution in [0, 0.1) is 0 Å². The maximum absolute atomic E-state index is 12.2. The Morgan fingerprint density at radius 1 is 1.33 bits per heavy atom. The molecule has 0 aliphatic heterocycles. The second-order valence-electron chi connectivity index (χ2n) is 5.56. The van der Waals surface area contributed by atoms with E-state index in [4.69, 9.17) is 0 Å². The number of carbonyl (C=O) groups is 1. The van der Waals surface area contributed by atoms with Crippen LogP contribution in [0.25, 0.3) is 10.2 Å². The highest BCUT2D eigenvalue weighted by Crippen LogP contribution is 2.26. The number of hydrogen-bond acceptors (Lipinski definition) is 6. The number of amides is 1. The van der Waals surface area contributed by atoms with Gasteiger partial charge in [0, 0.05) is 12.5 Å². The van der Waals surface area contributed by atoms with Crippen molar-refractivity contribution in [1.82, 2.24) is 19.7 Å². The molecule has 6 nitrogen and oxygen atoms in total. The van der Waals surface area contributed by atoms with E-state index in [0.29, 0.717) is 11.0 Å². The smallest absolute Gasteiger partial charge is 0.236 e. The van der Waals surface area contributed by atoms with E-state index in [9.17, 15) is 4.79 Å². The molecule has 3 rings (SSSR count). The molecule has 0 spiro atoms. The van der Waals surface area contributed by atoms with Gasteiger partial charge in [0.25, 0.3) is 0 Å². The lowest BCUT2D eigenvalue weighted by molar-refractivity contribution is -0.113. The highest BCUT2D eigenvalue weighted by Gasteiger charge is 2.15. The van der Waals surface area contributed by atoms with Gasteiger partial charge in [-0.3, -0.25) is 4.79 Å². The van der Waals surface area contributed by atoms with Gasteiger partial charge < -0.3 is 9.88 Å². The first-order valence-corrected chi connectivity index (χ1v) is 9.60. The number of nitrogens with zero attached hydrogens (tertiary/aromatic N) is 4. The summed E-state index contributed by atoms with van der Waals surface area (Å²) in [6.07, 6.45) is 0. The summed E-state index contributed by atoms with van der Waals surface area (Å²) in [5.41, 5.74) is 0.901. The molecule has 0 atom stereocenters. The van der Waals surface area contributed by atoms with E-state index in [0.717, 1.165) is 27.7 Å². The highest BCUT2D eigenvalue weighted by atomic mass is 32.2. The normalized spacial score (nSPS) is 11.3. The number of thiazole rings is 1. The number of benzene rings is 1. The number of anilines is 1. The van der Waals surface area contributed by atoms with Crippen LogP contribution >= 0.6 is 23.1 Å². The number of carbonyl (C=O) groups excluding carboxylic acids is 1. The Hall–Kier alpha value is -1.93. The number of fused-ring (bicyclic) bond motifs is 1. The van der Waals surface area contributed by atoms with E-state index in [-0.39, 0.29) is 11.7 Å². The molecular weight excluding hydrogens is 342 g/mol. The zero-order valence-corrected chi connectivity index (χ0v) is 15.4. The third kappa shape index (κ3) is 3.59. The minimum absolute atomic E-state index is 0.0872. The molecule has 0 aliphatic rings. The number of thioether (sulfide) groups is 1. The standard InChI is InChI=1S/C16H19N5OS2/c1-4-21-14(10(2)3)19-20-16(21)23-9-13(22)18-15-17-11-7-5-6-8-12(11)24-15/h5-8,10H,4,9H2,1-3H3,(H,17,18,22). The van der Waals surface area contributed by atoms with Crippen molar-refractivity contribution < 1.29 is 4.79 Å². The van der Waals surface area contributed by atoms with Gasteiger partial charge in [-0.15, -0.1) is 10.2 Å². The molecule has 0 saturated heterocycles. The fraction of sp³-hybridized carbons (Fsp3) is 0.375. The molecule has 2 aromatic heterocycles. The fourth-order valence-corrected chi connectivity index (χ4v) is 4.03. The molecule has 1 amide bonds. The summed E-state index contributed by atoms with van der Waals surface area (Å²) < 4.78 is 3.12. The number of hydrogen-bond donors (Lipinski definition) is 1. The Balaban J connectivity index is 1.63. The van der Waals surface area contributed by atoms with E-state index in [1.165, 1.54) is 23.1 Å². The van der Waals surface area contributed by atoms with Crippen molar-refractivity contribution in [1.29, 1.82) is 0 Å². The average Bonchev–Trinajstić information content (AvgIpc) is 3.15. The average molecular weight is 361 g/mol. The third-order valence-corrected chi connectivity index (χ3v) is 5.37. The highest BCUT2D eigenvalue weighted by molar-refractivity contribution is 7.99. The zero-order chi connectivity index (χ0) is 17.1. The lowest BCUT2D eigenvalue weighted by Crippen LogP contribution is -2.14. The minimum atomic E-state index is -0.0872. The van der Waals surface area contributed by atoms with Gasteiger partial charge in [0.1, 0.15) is 5.82 Å². The molecule has 2 heterocycles. The van der Waals surface area contributed by atoms with Crippen LogP contribution in [0.4, 0.5) is 5.13 Å². The molecule has 1 aromatic carbocycles. The first-order valence-electron chi connectivity index (χ1n) is 7.79. The van der Waals surface area contributed by atoms with Crippen LogP contribution in [0.5, 0.6) is 0 Å². The molecule has 3 aromatic rings. The molecule has 1 N–H and O–H groups in total. The van der Waals surface area contributed by atoms with Crippen molar-refractivity contribution in [2.75, 3.05) is 11.1 Å². The predicted octanol–water partition coefficient (Wildman–Crippen LogP) is 3.76. The number of aromatic nitrogens is 4. The molecule has 0 fully saturated rings. The Kier molecular flexibility index (Phi) is 5.15. The van der Waals surface area contributed by atoms with Gasteiger partial charge in [-0.05, 0) is 19.1 Å². The topological polar surface area (TPSA) is 72.7 Å². The molecule has 0 unspecified atom stereocenters. The van der Waals surface area contributed by atoms with Gasteiger partial charge in [0.05, 0.1) is 16.0 Å². The van der Waals surface area contributed by atoms with Crippen LogP contribution < -0.4 is 5.32 Å². The van der Waals surface area contributed by atoms with Crippen LogP contribution in [0.2, 0.25) is 0 Å². The van der Waals surface area contributed by atoms with Gasteiger partial charge in [-0.1, -0.05) is 49.1 Å². The van der Waals surface area contributed by atoms with Crippen LogP contribution in [0.3, 0.4) is 0 Å². The summed E-state index contributed by atoms with van der Waals surface area (Å²) in [6.45, 7) is 7.03. The summed E-state index contributed by atoms with van der Waals surface area (Å²) >= 11 is 2.88. The summed E-state index contributed by atoms with van der Waals surface area (Å²) in [5.74, 6) is 1.46. The summed E-state index contributed by atoms with van der Waals surface area (Å²) in [4.78, 5) is 16.6. The summed E-state index contributed by atoms with van der Waals surface area (Å²) in [5, 5.41) is 12.7. The summed E-state index contributed by atoms with van der Waals surface area (Å²) in [6, 6.07) is 7.83. The van der Waals surface area contributed by atoms with Crippen LogP contribution in [0.1, 0.15) is 32.5 Å². The van der Waals surface area contributed by atoms with Gasteiger partial charge in [-0.25, -0.2) is 4.98 Å². The SMILES string of the molecule is CCn1c(SCC(=O)Nc2nc3ccccc3s2)nnc1C(C)C. The fourth-order valence-electron chi connectivity index (χ4n) is 2.34. The molecule has 0 radical (unpaired) electrons. The maximum Gasteiger partial charge on any atom is 0.236 e. The lowest BCUT2D eigenvalue weighted by atomic mass is 10.2. The van der Waals surface area contributed by atoms with Gasteiger partial charge in [0.2, 0.25) is 5.91 Å². The Labute approximate surface area is 148 Å². The van der Waals surface area contributed by atoms with Gasteiger partial charge in [-0.2, -0.15) is 0 Å². The molecular formula is C16H19N5OS2. The minimum Gasteiger partial charge on any atom is -0.306 e. The first kappa shape index (κ1) is 16.9. The van der Waals surface area contributed by atoms with E-state index in [1.807, 2.05) is 24.3 Å². The van der Waals surface area contributed by atoms with E-state index < -0.39 is 0 Å². The van der Waals surface area contributed by atoms with E-state index >= 15 is 0 Å². The monoisotopic (exact) mass is 361 g/mol. The van der Waals surface area contributed by atoms with Gasteiger partial charge >= 0.3 is 0 Å². The largest absolute Gasteiger partial charge is 0.306 e. The quantitative estimate of drug-likeness (QED) is 0.677. The number of rotatable bonds is 6. The molecule has 0 saturated carbocycles. The van der Waals surface area contributed by atoms with Crippen LogP contribution in [0.15, 0.2) is 29.4 Å². The molecule has 0 aliphatic carbocycles. The van der Waals surface area contributed by atoms with Crippen molar-refractivity contribution >= 4 is 44.4 Å². The maximum atomic E-state index is 12.2. The predicted molar refractivity (Wildman–Crippen MR) is 98.8 cm³/mol. The number of nitrogens with one attached hydrogen (secondary N) is 1. The van der Waals surface area contributed by atoms with E-state index in [1.54, 1.807) is 0 Å². The lowest BCUT2D eigenvalue weighted by Gasteiger charge is -2.08. The van der Waals surface area contributed by atoms with Gasteiger partial charge in [0.15, 0.2) is 10.3 Å². The number of para-hydroxylation sites is 1. The van der Waals surface area contributed by atoms with Crippen molar-refractivity contribution in [3.05, 3.63) is 30.1 Å².